The highest BCUT2D eigenvalue weighted by atomic mass is 32.2. The molecule has 0 spiro atoms. The largest absolute Gasteiger partial charge is 0.319 e. The van der Waals surface area contributed by atoms with E-state index < -0.39 is 15.5 Å². The van der Waals surface area contributed by atoms with Crippen LogP contribution in [0.4, 0.5) is 5.69 Å². The molecule has 2 unspecified atom stereocenters. The average molecular weight is 427 g/mol. The molecule has 5 heteroatoms. The Morgan fingerprint density at radius 2 is 1.28 bits per heavy atom. The molecule has 1 rings (SSSR count). The van der Waals surface area contributed by atoms with Crippen molar-refractivity contribution in [2.75, 3.05) is 13.6 Å². The molecule has 0 aliphatic rings. The van der Waals surface area contributed by atoms with Crippen LogP contribution in [0.1, 0.15) is 97.3 Å². The third kappa shape index (κ3) is 9.63. The topological polar surface area (TPSA) is 54.4 Å². The first-order chi connectivity index (χ1) is 13.9. The standard InChI is InChI=1S/C24H43NO3S/c1-4-6-8-10-12-17-21-24(29(26,27)28)25(3,23-19-15-14-16-20-23)22-18-13-11-9-7-5-2/h14-16,19-20,24H,4-13,17-18,21-22H2,1-3H3/p+1. The van der Waals surface area contributed by atoms with Crippen LogP contribution in [0.25, 0.3) is 0 Å². The van der Waals surface area contributed by atoms with Crippen LogP contribution in [-0.2, 0) is 10.1 Å². The molecule has 168 valence electrons. The first kappa shape index (κ1) is 26.1. The maximum absolute atomic E-state index is 12.4. The van der Waals surface area contributed by atoms with Gasteiger partial charge in [-0.05, 0) is 31.4 Å². The number of rotatable bonds is 17. The molecule has 1 aromatic carbocycles. The van der Waals surface area contributed by atoms with Gasteiger partial charge in [0.05, 0.1) is 13.6 Å². The van der Waals surface area contributed by atoms with Gasteiger partial charge in [-0.1, -0.05) is 89.8 Å². The van der Waals surface area contributed by atoms with E-state index >= 15 is 0 Å². The summed E-state index contributed by atoms with van der Waals surface area (Å²) >= 11 is 0. The molecule has 0 amide bonds. The highest BCUT2D eigenvalue weighted by Gasteiger charge is 2.42. The molecule has 0 aromatic heterocycles. The van der Waals surface area contributed by atoms with E-state index in [-0.39, 0.29) is 4.48 Å². The van der Waals surface area contributed by atoms with Gasteiger partial charge in [-0.3, -0.25) is 9.04 Å². The van der Waals surface area contributed by atoms with Gasteiger partial charge in [0, 0.05) is 6.42 Å². The molecule has 4 nitrogen and oxygen atoms in total. The Morgan fingerprint density at radius 3 is 1.79 bits per heavy atom. The highest BCUT2D eigenvalue weighted by molar-refractivity contribution is 7.86. The fourth-order valence-corrected chi connectivity index (χ4v) is 5.54. The summed E-state index contributed by atoms with van der Waals surface area (Å²) in [6, 6.07) is 9.86. The van der Waals surface area contributed by atoms with E-state index in [1.807, 2.05) is 37.4 Å². The summed E-state index contributed by atoms with van der Waals surface area (Å²) < 4.78 is 35.3. The van der Waals surface area contributed by atoms with Crippen molar-refractivity contribution in [3.8, 4) is 0 Å². The Kier molecular flexibility index (Phi) is 12.8. The van der Waals surface area contributed by atoms with E-state index in [0.29, 0.717) is 6.42 Å². The molecule has 0 saturated carbocycles. The summed E-state index contributed by atoms with van der Waals surface area (Å²) in [6.45, 7) is 5.14. The SMILES string of the molecule is CCCCCCCCC([N+](C)(CCCCCCCC)c1ccccc1)S(=O)(=O)O. The number of hydrogen-bond acceptors (Lipinski definition) is 2. The lowest BCUT2D eigenvalue weighted by Crippen LogP contribution is -2.57. The van der Waals surface area contributed by atoms with Gasteiger partial charge in [-0.2, -0.15) is 8.42 Å². The first-order valence-corrected chi connectivity index (χ1v) is 13.2. The van der Waals surface area contributed by atoms with Crippen LogP contribution in [0.2, 0.25) is 0 Å². The third-order valence-electron chi connectivity index (χ3n) is 6.11. The number of benzene rings is 1. The molecule has 0 bridgehead atoms. The van der Waals surface area contributed by atoms with Crippen LogP contribution >= 0.6 is 0 Å². The minimum absolute atomic E-state index is 0.266. The van der Waals surface area contributed by atoms with Gasteiger partial charge in [0.1, 0.15) is 5.69 Å². The molecular weight excluding hydrogens is 382 g/mol. The highest BCUT2D eigenvalue weighted by Crippen LogP contribution is 2.31. The molecule has 1 aromatic rings. The van der Waals surface area contributed by atoms with Gasteiger partial charge in [-0.25, -0.2) is 0 Å². The zero-order valence-corrected chi connectivity index (χ0v) is 19.8. The molecule has 0 saturated heterocycles. The Bertz CT molecular complexity index is 633. The van der Waals surface area contributed by atoms with Crippen LogP contribution < -0.4 is 4.48 Å². The quantitative estimate of drug-likeness (QED) is 0.167. The molecular formula is C24H44NO3S+. The van der Waals surface area contributed by atoms with Crippen molar-refractivity contribution in [3.63, 3.8) is 0 Å². The van der Waals surface area contributed by atoms with Crippen LogP contribution in [0.5, 0.6) is 0 Å². The zero-order chi connectivity index (χ0) is 21.6. The van der Waals surface area contributed by atoms with Crippen molar-refractivity contribution < 1.29 is 13.0 Å². The number of quaternary nitrogens is 1. The lowest BCUT2D eigenvalue weighted by Gasteiger charge is -2.39. The molecule has 29 heavy (non-hydrogen) atoms. The van der Waals surface area contributed by atoms with E-state index in [1.54, 1.807) is 0 Å². The van der Waals surface area contributed by atoms with Crippen molar-refractivity contribution in [1.29, 1.82) is 0 Å². The van der Waals surface area contributed by atoms with Gasteiger partial charge in [0.15, 0.2) is 0 Å². The fourth-order valence-electron chi connectivity index (χ4n) is 4.26. The molecule has 1 N–H and O–H groups in total. The van der Waals surface area contributed by atoms with E-state index in [1.165, 1.54) is 44.9 Å². The molecule has 0 aliphatic heterocycles. The van der Waals surface area contributed by atoms with Crippen molar-refractivity contribution in [3.05, 3.63) is 30.3 Å². The number of hydrogen-bond donors (Lipinski definition) is 1. The van der Waals surface area contributed by atoms with Gasteiger partial charge in [0.2, 0.25) is 5.37 Å². The maximum atomic E-state index is 12.4. The summed E-state index contributed by atoms with van der Waals surface area (Å²) in [7, 11) is -2.16. The molecule has 2 atom stereocenters. The van der Waals surface area contributed by atoms with Gasteiger partial charge >= 0.3 is 10.1 Å². The lowest BCUT2D eigenvalue weighted by atomic mass is 10.1. The Labute approximate surface area is 180 Å². The molecule has 0 heterocycles. The van der Waals surface area contributed by atoms with E-state index in [9.17, 15) is 13.0 Å². The first-order valence-electron chi connectivity index (χ1n) is 11.7. The van der Waals surface area contributed by atoms with Crippen LogP contribution in [0.15, 0.2) is 30.3 Å². The molecule has 0 aliphatic carbocycles. The zero-order valence-electron chi connectivity index (χ0n) is 19.0. The van der Waals surface area contributed by atoms with Crippen molar-refractivity contribution in [1.82, 2.24) is 4.48 Å². The van der Waals surface area contributed by atoms with Crippen molar-refractivity contribution >= 4 is 15.8 Å². The second-order valence-corrected chi connectivity index (χ2v) is 10.2. The Morgan fingerprint density at radius 1 is 0.793 bits per heavy atom. The smallest absolute Gasteiger partial charge is 0.281 e. The normalized spacial score (nSPS) is 15.2. The van der Waals surface area contributed by atoms with E-state index in [0.717, 1.165) is 44.3 Å². The fraction of sp³-hybridized carbons (Fsp3) is 0.750. The summed E-state index contributed by atoms with van der Waals surface area (Å²) in [4.78, 5) is 0. The van der Waals surface area contributed by atoms with E-state index in [2.05, 4.69) is 13.8 Å². The predicted molar refractivity (Wildman–Crippen MR) is 126 cm³/mol. The molecule has 0 fully saturated rings. The lowest BCUT2D eigenvalue weighted by molar-refractivity contribution is 0.262. The average Bonchev–Trinajstić information content (AvgIpc) is 2.69. The predicted octanol–water partition coefficient (Wildman–Crippen LogP) is 6.95. The van der Waals surface area contributed by atoms with Crippen molar-refractivity contribution in [2.45, 2.75) is 103 Å². The second kappa shape index (κ2) is 14.2. The summed E-state index contributed by atoms with van der Waals surface area (Å²) in [5.74, 6) is 0. The van der Waals surface area contributed by atoms with Crippen LogP contribution in [0.3, 0.4) is 0 Å². The van der Waals surface area contributed by atoms with E-state index in [4.69, 9.17) is 0 Å². The third-order valence-corrected chi connectivity index (χ3v) is 7.49. The maximum Gasteiger partial charge on any atom is 0.319 e. The number of unbranched alkanes of at least 4 members (excludes halogenated alkanes) is 10. The Balaban J connectivity index is 2.87. The summed E-state index contributed by atoms with van der Waals surface area (Å²) in [5.41, 5.74) is 0.967. The summed E-state index contributed by atoms with van der Waals surface area (Å²) in [6.07, 6.45) is 14.1. The monoisotopic (exact) mass is 426 g/mol. The van der Waals surface area contributed by atoms with Crippen LogP contribution in [0, 0.1) is 0 Å². The van der Waals surface area contributed by atoms with Gasteiger partial charge in [0.25, 0.3) is 0 Å². The van der Waals surface area contributed by atoms with Gasteiger partial charge in [-0.15, -0.1) is 0 Å². The number of nitrogens with zero attached hydrogens (tertiary/aromatic N) is 1. The Hall–Kier alpha value is -0.910. The van der Waals surface area contributed by atoms with Crippen molar-refractivity contribution in [2.24, 2.45) is 0 Å². The summed E-state index contributed by atoms with van der Waals surface area (Å²) in [5, 5.41) is -0.799. The van der Waals surface area contributed by atoms with Gasteiger partial charge < -0.3 is 0 Å². The second-order valence-electron chi connectivity index (χ2n) is 8.62. The number of para-hydroxylation sites is 1. The minimum Gasteiger partial charge on any atom is -0.281 e. The molecule has 0 radical (unpaired) electrons. The minimum atomic E-state index is -4.15. The van der Waals surface area contributed by atoms with Crippen LogP contribution in [-0.4, -0.2) is 31.9 Å².